The van der Waals surface area contributed by atoms with Gasteiger partial charge in [-0.15, -0.1) is 0 Å². The fourth-order valence-corrected chi connectivity index (χ4v) is 3.45. The first kappa shape index (κ1) is 23.0. The molecule has 166 valence electrons. The number of nitrogens with zero attached hydrogens (tertiary/aromatic N) is 1. The van der Waals surface area contributed by atoms with Gasteiger partial charge in [0.2, 0.25) is 0 Å². The fourth-order valence-electron chi connectivity index (χ4n) is 3.45. The third kappa shape index (κ3) is 5.94. The Morgan fingerprint density at radius 1 is 1.00 bits per heavy atom. The number of pyridine rings is 1. The zero-order valence-corrected chi connectivity index (χ0v) is 18.9. The topological polar surface area (TPSA) is 66.0 Å². The van der Waals surface area contributed by atoms with Crippen molar-refractivity contribution in [2.45, 2.75) is 32.9 Å². The molecule has 0 saturated heterocycles. The number of aromatic nitrogens is 1. The van der Waals surface area contributed by atoms with Crippen LogP contribution in [-0.2, 0) is 12.1 Å². The molecule has 1 heterocycles. The maximum atomic E-state index is 14.4. The minimum absolute atomic E-state index is 0.381. The average Bonchev–Trinajstić information content (AvgIpc) is 2.75. The molecule has 3 N–H and O–H groups in total. The molecule has 6 heteroatoms. The van der Waals surface area contributed by atoms with Crippen molar-refractivity contribution in [3.8, 4) is 0 Å². The zero-order valence-electron chi connectivity index (χ0n) is 18.9. The molecule has 2 aromatic carbocycles. The number of nitrogens with one attached hydrogen (secondary N) is 3. The van der Waals surface area contributed by atoms with Gasteiger partial charge in [-0.2, -0.15) is 0 Å². The van der Waals surface area contributed by atoms with Crippen molar-refractivity contribution in [1.29, 1.82) is 0 Å². The first-order valence-corrected chi connectivity index (χ1v) is 10.4. The summed E-state index contributed by atoms with van der Waals surface area (Å²) in [5.74, 6) is 0. The van der Waals surface area contributed by atoms with Crippen LogP contribution in [-0.4, -0.2) is 18.1 Å². The smallest absolute Gasteiger partial charge is 0.323 e. The number of benzene rings is 2. The van der Waals surface area contributed by atoms with Gasteiger partial charge in [0.25, 0.3) is 0 Å². The van der Waals surface area contributed by atoms with Gasteiger partial charge in [-0.3, -0.25) is 4.98 Å². The Morgan fingerprint density at radius 2 is 1.66 bits per heavy atom. The van der Waals surface area contributed by atoms with Crippen molar-refractivity contribution in [3.63, 3.8) is 0 Å². The first-order chi connectivity index (χ1) is 15.2. The number of rotatable bonds is 7. The van der Waals surface area contributed by atoms with E-state index in [-0.39, 0.29) is 6.03 Å². The van der Waals surface area contributed by atoms with Gasteiger partial charge in [0.15, 0.2) is 0 Å². The zero-order chi connectivity index (χ0) is 23.3. The Kier molecular flexibility index (Phi) is 6.93. The number of aryl methyl sites for hydroxylation is 1. The summed E-state index contributed by atoms with van der Waals surface area (Å²) in [5.41, 5.74) is 4.94. The molecule has 0 aliphatic heterocycles. The second-order valence-corrected chi connectivity index (χ2v) is 8.23. The quantitative estimate of drug-likeness (QED) is 0.428. The molecule has 0 aliphatic carbocycles. The minimum atomic E-state index is -1.48. The Hall–Kier alpha value is -3.67. The number of urea groups is 1. The van der Waals surface area contributed by atoms with Crippen LogP contribution in [0.4, 0.5) is 20.6 Å². The molecule has 0 aliphatic rings. The molecule has 3 aromatic rings. The molecule has 0 unspecified atom stereocenters. The fraction of sp³-hybridized carbons (Fsp3) is 0.231. The molecular weight excluding hydrogens is 403 g/mol. The first-order valence-electron chi connectivity index (χ1n) is 10.4. The third-order valence-corrected chi connectivity index (χ3v) is 5.19. The number of carbonyl (C=O) groups is 1. The van der Waals surface area contributed by atoms with Crippen molar-refractivity contribution in [2.24, 2.45) is 0 Å². The largest absolute Gasteiger partial charge is 0.387 e. The molecule has 0 fully saturated rings. The number of amides is 2. The maximum absolute atomic E-state index is 14.4. The van der Waals surface area contributed by atoms with Gasteiger partial charge in [0, 0.05) is 24.6 Å². The lowest BCUT2D eigenvalue weighted by molar-refractivity contribution is 0.220. The van der Waals surface area contributed by atoms with E-state index in [4.69, 9.17) is 0 Å². The average molecular weight is 433 g/mol. The lowest BCUT2D eigenvalue weighted by atomic mass is 9.95. The number of halogens is 1. The highest BCUT2D eigenvalue weighted by molar-refractivity contribution is 5.99. The van der Waals surface area contributed by atoms with Crippen LogP contribution in [0.1, 0.15) is 41.8 Å². The molecule has 1 aromatic heterocycles. The summed E-state index contributed by atoms with van der Waals surface area (Å²) in [6.45, 7) is 8.81. The van der Waals surface area contributed by atoms with Gasteiger partial charge in [0.1, 0.15) is 5.67 Å². The van der Waals surface area contributed by atoms with E-state index in [1.807, 2.05) is 50.4 Å². The normalized spacial score (nSPS) is 11.0. The summed E-state index contributed by atoms with van der Waals surface area (Å²) >= 11 is 0. The lowest BCUT2D eigenvalue weighted by Crippen LogP contribution is -2.20. The Bertz CT molecular complexity index is 1120. The standard InChI is InChI=1S/C26H29FN4O/c1-17-6-9-22(16-23(17)26(3,4)27)31-25(32)30-21-10-7-19(8-11-21)14-20-12-13-29-24(15-20)18(2)28-5/h6-13,15-16,28H,2,14H2,1,3-5H3,(H2,30,31,32). The van der Waals surface area contributed by atoms with Crippen LogP contribution in [0.3, 0.4) is 0 Å². The predicted molar refractivity (Wildman–Crippen MR) is 130 cm³/mol. The van der Waals surface area contributed by atoms with Crippen molar-refractivity contribution in [2.75, 3.05) is 17.7 Å². The highest BCUT2D eigenvalue weighted by atomic mass is 19.1. The van der Waals surface area contributed by atoms with Crippen molar-refractivity contribution in [1.82, 2.24) is 10.3 Å². The van der Waals surface area contributed by atoms with Crippen LogP contribution >= 0.6 is 0 Å². The molecular formula is C26H29FN4O. The highest BCUT2D eigenvalue weighted by Crippen LogP contribution is 2.30. The third-order valence-electron chi connectivity index (χ3n) is 5.19. The summed E-state index contributed by atoms with van der Waals surface area (Å²) in [6.07, 6.45) is 2.51. The van der Waals surface area contributed by atoms with E-state index in [0.717, 1.165) is 34.5 Å². The summed E-state index contributed by atoms with van der Waals surface area (Å²) < 4.78 is 14.4. The van der Waals surface area contributed by atoms with E-state index in [9.17, 15) is 9.18 Å². The summed E-state index contributed by atoms with van der Waals surface area (Å²) in [4.78, 5) is 16.7. The number of alkyl halides is 1. The molecule has 32 heavy (non-hydrogen) atoms. The number of hydrogen-bond acceptors (Lipinski definition) is 3. The second-order valence-electron chi connectivity index (χ2n) is 8.23. The summed E-state index contributed by atoms with van der Waals surface area (Å²) in [5, 5.41) is 8.59. The maximum Gasteiger partial charge on any atom is 0.323 e. The number of hydrogen-bond donors (Lipinski definition) is 3. The van der Waals surface area contributed by atoms with E-state index >= 15 is 0 Å². The SMILES string of the molecule is C=C(NC)c1cc(Cc2ccc(NC(=O)Nc3ccc(C)c(C(C)(C)F)c3)cc2)ccn1. The Balaban J connectivity index is 1.62. The Morgan fingerprint density at radius 3 is 2.31 bits per heavy atom. The van der Waals surface area contributed by atoms with Gasteiger partial charge in [0.05, 0.1) is 11.4 Å². The van der Waals surface area contributed by atoms with Gasteiger partial charge in [-0.1, -0.05) is 24.8 Å². The minimum Gasteiger partial charge on any atom is -0.387 e. The monoisotopic (exact) mass is 432 g/mol. The van der Waals surface area contributed by atoms with E-state index < -0.39 is 5.67 Å². The molecule has 0 radical (unpaired) electrons. The molecule has 2 amide bonds. The van der Waals surface area contributed by atoms with Crippen molar-refractivity contribution >= 4 is 23.1 Å². The predicted octanol–water partition coefficient (Wildman–Crippen LogP) is 6.02. The number of anilines is 2. The van der Waals surface area contributed by atoms with Crippen LogP contribution < -0.4 is 16.0 Å². The second kappa shape index (κ2) is 9.64. The van der Waals surface area contributed by atoms with Crippen molar-refractivity contribution < 1.29 is 9.18 Å². The molecule has 0 saturated carbocycles. The van der Waals surface area contributed by atoms with Gasteiger partial charge in [-0.25, -0.2) is 9.18 Å². The van der Waals surface area contributed by atoms with Gasteiger partial charge >= 0.3 is 6.03 Å². The molecule has 3 rings (SSSR count). The lowest BCUT2D eigenvalue weighted by Gasteiger charge is -2.19. The summed E-state index contributed by atoms with van der Waals surface area (Å²) in [7, 11) is 1.82. The van der Waals surface area contributed by atoms with Crippen LogP contribution in [0.2, 0.25) is 0 Å². The highest BCUT2D eigenvalue weighted by Gasteiger charge is 2.21. The van der Waals surface area contributed by atoms with E-state index in [0.29, 0.717) is 16.9 Å². The molecule has 5 nitrogen and oxygen atoms in total. The van der Waals surface area contributed by atoms with Gasteiger partial charge in [-0.05, 0) is 85.8 Å². The van der Waals surface area contributed by atoms with Crippen LogP contribution in [0.15, 0.2) is 67.4 Å². The van der Waals surface area contributed by atoms with Crippen LogP contribution in [0.5, 0.6) is 0 Å². The number of carbonyl (C=O) groups excluding carboxylic acids is 1. The van der Waals surface area contributed by atoms with E-state index in [2.05, 4.69) is 27.5 Å². The van der Waals surface area contributed by atoms with E-state index in [1.54, 1.807) is 24.4 Å². The van der Waals surface area contributed by atoms with Crippen LogP contribution in [0, 0.1) is 6.92 Å². The van der Waals surface area contributed by atoms with Gasteiger partial charge < -0.3 is 16.0 Å². The Labute approximate surface area is 188 Å². The summed E-state index contributed by atoms with van der Waals surface area (Å²) in [6, 6.07) is 16.5. The van der Waals surface area contributed by atoms with E-state index in [1.165, 1.54) is 13.8 Å². The van der Waals surface area contributed by atoms with Crippen molar-refractivity contribution in [3.05, 3.63) is 95.3 Å². The van der Waals surface area contributed by atoms with Crippen LogP contribution in [0.25, 0.3) is 5.70 Å². The molecule has 0 spiro atoms. The molecule has 0 bridgehead atoms. The molecule has 0 atom stereocenters.